The Bertz CT molecular complexity index is 1200. The van der Waals surface area contributed by atoms with Gasteiger partial charge in [-0.3, -0.25) is 15.1 Å². The molecule has 0 aliphatic carbocycles. The second-order valence-electron chi connectivity index (χ2n) is 6.38. The van der Waals surface area contributed by atoms with Gasteiger partial charge >= 0.3 is 0 Å². The third kappa shape index (κ3) is 3.23. The molecule has 3 aliphatic heterocycles. The van der Waals surface area contributed by atoms with E-state index < -0.39 is 6.17 Å². The van der Waals surface area contributed by atoms with Crippen molar-refractivity contribution in [1.29, 1.82) is 0 Å². The highest BCUT2D eigenvalue weighted by Crippen LogP contribution is 2.42. The monoisotopic (exact) mass is 536 g/mol. The number of hydrogen-bond acceptors (Lipinski definition) is 7. The maximum atomic E-state index is 13.0. The number of thioether (sulfide) groups is 1. The van der Waals surface area contributed by atoms with Crippen molar-refractivity contribution in [3.63, 3.8) is 0 Å². The lowest BCUT2D eigenvalue weighted by atomic mass is 10.1. The molecule has 0 saturated heterocycles. The summed E-state index contributed by atoms with van der Waals surface area (Å²) in [5, 5.41) is 11.3. The minimum atomic E-state index is -0.527. The van der Waals surface area contributed by atoms with Crippen molar-refractivity contribution in [3.05, 3.63) is 55.4 Å². The molecule has 0 saturated carbocycles. The van der Waals surface area contributed by atoms with Crippen molar-refractivity contribution in [2.45, 2.75) is 13.1 Å². The second-order valence-corrected chi connectivity index (χ2v) is 9.40. The van der Waals surface area contributed by atoms with E-state index >= 15 is 0 Å². The Morgan fingerprint density at radius 2 is 2.03 bits per heavy atom. The topological polar surface area (TPSA) is 75.5 Å². The molecule has 0 aromatic heterocycles. The normalized spacial score (nSPS) is 19.2. The Balaban J connectivity index is 1.75. The van der Waals surface area contributed by atoms with Gasteiger partial charge in [-0.05, 0) is 36.1 Å². The number of amides is 1. The molecule has 3 heterocycles. The molecule has 29 heavy (non-hydrogen) atoms. The quantitative estimate of drug-likeness (QED) is 0.637. The van der Waals surface area contributed by atoms with Gasteiger partial charge in [-0.25, -0.2) is 5.01 Å². The van der Waals surface area contributed by atoms with Crippen LogP contribution in [0.4, 0.5) is 0 Å². The average Bonchev–Trinajstić information content (AvgIpc) is 3.14. The van der Waals surface area contributed by atoms with Gasteiger partial charge in [0.05, 0.1) is 5.36 Å². The van der Waals surface area contributed by atoms with Crippen molar-refractivity contribution < 1.29 is 14.3 Å². The number of carbonyl (C=O) groups excluding carboxylic acids is 1. The van der Waals surface area contributed by atoms with Crippen LogP contribution in [-0.4, -0.2) is 28.6 Å². The van der Waals surface area contributed by atoms with Crippen molar-refractivity contribution in [3.8, 4) is 11.5 Å². The summed E-state index contributed by atoms with van der Waals surface area (Å²) in [5.41, 5.74) is 1.30. The first-order chi connectivity index (χ1) is 14.0. The van der Waals surface area contributed by atoms with Gasteiger partial charge in [-0.2, -0.15) is 0 Å². The third-order valence-electron chi connectivity index (χ3n) is 4.62. The van der Waals surface area contributed by atoms with Gasteiger partial charge in [0.25, 0.3) is 5.91 Å². The van der Waals surface area contributed by atoms with Crippen molar-refractivity contribution in [2.24, 2.45) is 10.1 Å². The first-order valence-electron chi connectivity index (χ1n) is 8.84. The number of hydrazone groups is 1. The van der Waals surface area contributed by atoms with Crippen LogP contribution in [-0.2, 0) is 4.79 Å². The first kappa shape index (κ1) is 19.0. The van der Waals surface area contributed by atoms with Gasteiger partial charge in [0.2, 0.25) is 6.79 Å². The van der Waals surface area contributed by atoms with Crippen LogP contribution in [0.3, 0.4) is 0 Å². The fourth-order valence-electron chi connectivity index (χ4n) is 3.39. The number of benzene rings is 2. The second kappa shape index (κ2) is 7.33. The maximum Gasteiger partial charge on any atom is 0.276 e. The molecular formula is C19H14Br2N4O3S. The van der Waals surface area contributed by atoms with Crippen LogP contribution in [0.15, 0.2) is 49.4 Å². The van der Waals surface area contributed by atoms with Crippen LogP contribution in [0.2, 0.25) is 0 Å². The number of nitrogens with one attached hydrogen (secondary N) is 1. The lowest BCUT2D eigenvalue weighted by Crippen LogP contribution is -2.50. The van der Waals surface area contributed by atoms with E-state index in [1.165, 1.54) is 11.8 Å². The summed E-state index contributed by atoms with van der Waals surface area (Å²) in [6.45, 7) is 2.19. The van der Waals surface area contributed by atoms with Gasteiger partial charge in [-0.15, -0.1) is 5.10 Å². The van der Waals surface area contributed by atoms with Gasteiger partial charge in [0.1, 0.15) is 5.70 Å². The molecule has 148 valence electrons. The van der Waals surface area contributed by atoms with Gasteiger partial charge < -0.3 is 9.47 Å². The number of nitrogens with zero attached hydrogens (tertiary/aromatic N) is 3. The zero-order chi connectivity index (χ0) is 20.1. The molecule has 1 amide bonds. The summed E-state index contributed by atoms with van der Waals surface area (Å²) in [6.07, 6.45) is -0.527. The predicted molar refractivity (Wildman–Crippen MR) is 117 cm³/mol. The summed E-state index contributed by atoms with van der Waals surface area (Å²) < 4.78 is 12.7. The fourth-order valence-corrected chi connectivity index (χ4v) is 4.86. The molecule has 0 fully saturated rings. The smallest absolute Gasteiger partial charge is 0.276 e. The van der Waals surface area contributed by atoms with Crippen LogP contribution < -0.4 is 25.4 Å². The van der Waals surface area contributed by atoms with E-state index in [1.807, 2.05) is 37.3 Å². The summed E-state index contributed by atoms with van der Waals surface area (Å²) >= 11 is 8.58. The molecule has 0 bridgehead atoms. The molecule has 2 aromatic carbocycles. The lowest BCUT2D eigenvalue weighted by molar-refractivity contribution is -0.116. The molecule has 2 aromatic rings. The van der Waals surface area contributed by atoms with Crippen LogP contribution in [0.25, 0.3) is 5.70 Å². The maximum absolute atomic E-state index is 13.0. The molecule has 1 atom stereocenters. The minimum absolute atomic E-state index is 0.183. The van der Waals surface area contributed by atoms with Crippen LogP contribution in [0.1, 0.15) is 18.7 Å². The highest BCUT2D eigenvalue weighted by molar-refractivity contribution is 9.10. The number of carbonyl (C=O) groups is 1. The Kier molecular flexibility index (Phi) is 4.79. The van der Waals surface area contributed by atoms with E-state index in [0.29, 0.717) is 22.4 Å². The molecule has 5 rings (SSSR count). The Hall–Kier alpha value is -2.04. The highest BCUT2D eigenvalue weighted by atomic mass is 79.9. The zero-order valence-electron chi connectivity index (χ0n) is 15.1. The molecule has 3 aliphatic rings. The summed E-state index contributed by atoms with van der Waals surface area (Å²) in [6, 6.07) is 9.44. The molecule has 1 N–H and O–H groups in total. The SMILES string of the molecule is CCSC1=NN2C(=c3cc(Br)ccc3=N[C@@H]2c2cc3c(cc2Br)OCO3)C(=O)N1. The van der Waals surface area contributed by atoms with E-state index in [-0.39, 0.29) is 12.7 Å². The predicted octanol–water partition coefficient (Wildman–Crippen LogP) is 2.84. The largest absolute Gasteiger partial charge is 0.454 e. The van der Waals surface area contributed by atoms with Crippen LogP contribution >= 0.6 is 43.6 Å². The number of fused-ring (bicyclic) bond motifs is 3. The lowest BCUT2D eigenvalue weighted by Gasteiger charge is -2.34. The van der Waals surface area contributed by atoms with E-state index in [9.17, 15) is 4.79 Å². The van der Waals surface area contributed by atoms with E-state index in [2.05, 4.69) is 37.2 Å². The number of halogens is 2. The summed E-state index contributed by atoms with van der Waals surface area (Å²) in [7, 11) is 0. The molecule has 0 spiro atoms. The molecule has 0 unspecified atom stereocenters. The van der Waals surface area contributed by atoms with Crippen LogP contribution in [0, 0.1) is 0 Å². The summed E-state index contributed by atoms with van der Waals surface area (Å²) in [5.74, 6) is 1.91. The minimum Gasteiger partial charge on any atom is -0.454 e. The van der Waals surface area contributed by atoms with Gasteiger partial charge in [0.15, 0.2) is 22.8 Å². The third-order valence-corrected chi connectivity index (χ3v) is 6.55. The Labute approximate surface area is 187 Å². The number of ether oxygens (including phenoxy) is 2. The molecule has 7 nitrogen and oxygen atoms in total. The van der Waals surface area contributed by atoms with E-state index in [0.717, 1.165) is 30.8 Å². The Morgan fingerprint density at radius 1 is 1.24 bits per heavy atom. The Morgan fingerprint density at radius 3 is 2.83 bits per heavy atom. The van der Waals surface area contributed by atoms with Gasteiger partial charge in [-0.1, -0.05) is 50.5 Å². The number of hydrogen-bond donors (Lipinski definition) is 1. The number of rotatable bonds is 2. The summed E-state index contributed by atoms with van der Waals surface area (Å²) in [4.78, 5) is 18.0. The van der Waals surface area contributed by atoms with E-state index in [1.54, 1.807) is 5.01 Å². The zero-order valence-corrected chi connectivity index (χ0v) is 19.1. The first-order valence-corrected chi connectivity index (χ1v) is 11.4. The average molecular weight is 538 g/mol. The van der Waals surface area contributed by atoms with Crippen molar-refractivity contribution in [2.75, 3.05) is 12.5 Å². The fraction of sp³-hybridized carbons (Fsp3) is 0.211. The van der Waals surface area contributed by atoms with Crippen molar-refractivity contribution in [1.82, 2.24) is 10.3 Å². The molecule has 0 radical (unpaired) electrons. The standard InChI is InChI=1S/C19H14Br2N4O3S/c1-2-29-19-23-18(26)16-11-5-9(20)3-4-13(11)22-17(25(16)24-19)10-6-14-15(7-12(10)21)28-8-27-14/h3-7,17H,2,8H2,1H3,(H,23,24,26)/t17-/m0/s1. The van der Waals surface area contributed by atoms with Crippen LogP contribution in [0.5, 0.6) is 11.5 Å². The van der Waals surface area contributed by atoms with E-state index in [4.69, 9.17) is 19.6 Å². The van der Waals surface area contributed by atoms with Gasteiger partial charge in [0, 0.05) is 19.7 Å². The molecule has 10 heteroatoms. The highest BCUT2D eigenvalue weighted by Gasteiger charge is 2.36. The number of amidine groups is 1. The molecular weight excluding hydrogens is 524 g/mol. The van der Waals surface area contributed by atoms with Crippen molar-refractivity contribution >= 4 is 60.4 Å².